The normalized spacial score (nSPS) is 0.750. The van der Waals surface area contributed by atoms with Crippen LogP contribution in [-0.2, 0) is 39.4 Å². The van der Waals surface area contributed by atoms with E-state index in [-0.39, 0.29) is 39.4 Å². The second-order valence-electron chi connectivity index (χ2n) is 0. The van der Waals surface area contributed by atoms with E-state index in [1.54, 1.807) is 16.0 Å². The van der Waals surface area contributed by atoms with Gasteiger partial charge in [0.15, 0.2) is 0 Å². The summed E-state index contributed by atoms with van der Waals surface area (Å²) in [5.41, 5.74) is 0. The maximum absolute atomic E-state index is 2.69. The molecular formula is AgCuGaSe. The Hall–Kier alpha value is 2.42. The van der Waals surface area contributed by atoms with Crippen molar-refractivity contribution in [2.45, 2.75) is 0 Å². The zero-order valence-corrected chi connectivity index (χ0v) is 8.15. The Morgan fingerprint density at radius 2 is 1.25 bits per heavy atom. The van der Waals surface area contributed by atoms with Crippen molar-refractivity contribution in [3.05, 3.63) is 0 Å². The van der Waals surface area contributed by atoms with Gasteiger partial charge in [-0.1, -0.05) is 0 Å². The third kappa shape index (κ3) is 8.83. The van der Waals surface area contributed by atoms with E-state index in [9.17, 15) is 0 Å². The Kier molecular flexibility index (Phi) is 73.0. The van der Waals surface area contributed by atoms with Gasteiger partial charge in [0.1, 0.15) is 0 Å². The minimum absolute atomic E-state index is 0. The van der Waals surface area contributed by atoms with Crippen LogP contribution in [0.25, 0.3) is 0 Å². The molecule has 0 rings (SSSR count). The van der Waals surface area contributed by atoms with Gasteiger partial charge in [-0.2, -0.15) is 0 Å². The second kappa shape index (κ2) is 18.1. The Balaban J connectivity index is -0.00000000500. The van der Waals surface area contributed by atoms with Gasteiger partial charge >= 0.3 is 29.1 Å². The molecule has 3 radical (unpaired) electrons. The van der Waals surface area contributed by atoms with Gasteiger partial charge < -0.3 is 0 Å². The third-order valence-electron chi connectivity index (χ3n) is 0. The molecule has 4 heteroatoms. The summed E-state index contributed by atoms with van der Waals surface area (Å²) >= 11 is 4.25. The molecule has 4 heavy (non-hydrogen) atoms. The van der Waals surface area contributed by atoms with Crippen LogP contribution < -0.4 is 0 Å². The van der Waals surface area contributed by atoms with Gasteiger partial charge in [-0.3, -0.25) is 0 Å². The first-order valence-corrected chi connectivity index (χ1v) is 6.36. The van der Waals surface area contributed by atoms with Crippen LogP contribution in [0.15, 0.2) is 0 Å². The molecule has 0 bridgehead atoms. The van der Waals surface area contributed by atoms with Crippen LogP contribution in [0.3, 0.4) is 0 Å². The predicted octanol–water partition coefficient (Wildman–Crippen LogP) is -0.767. The average Bonchev–Trinajstić information content (AvgIpc) is 1.00. The first kappa shape index (κ1) is 16.1. The fourth-order valence-corrected chi connectivity index (χ4v) is 0. The first-order valence-electron chi connectivity index (χ1n) is 0.236. The summed E-state index contributed by atoms with van der Waals surface area (Å²) in [5, 5.41) is 0. The molecule has 0 unspecified atom stereocenters. The number of hydrogen-bond donors (Lipinski definition) is 0. The van der Waals surface area contributed by atoms with E-state index in [1.807, 2.05) is 0 Å². The summed E-state index contributed by atoms with van der Waals surface area (Å²) in [6, 6.07) is 0. The fraction of sp³-hybridized carbons (Fsp3) is 0. The molecule has 0 aliphatic rings. The Labute approximate surface area is 67.6 Å². The van der Waals surface area contributed by atoms with Crippen molar-refractivity contribution in [1.29, 1.82) is 0 Å². The molecular weight excluding hydrogens is 320 g/mol. The topological polar surface area (TPSA) is 0 Å². The molecule has 0 aromatic heterocycles. The van der Waals surface area contributed by atoms with Crippen molar-refractivity contribution in [2.75, 3.05) is 0 Å². The van der Waals surface area contributed by atoms with Crippen LogP contribution in [0, 0.1) is 0 Å². The number of hydrogen-bond acceptors (Lipinski definition) is 0. The molecule has 0 aliphatic carbocycles. The van der Waals surface area contributed by atoms with Gasteiger partial charge in [0.2, 0.25) is 0 Å². The van der Waals surface area contributed by atoms with Crippen molar-refractivity contribution >= 4 is 29.1 Å². The summed E-state index contributed by atoms with van der Waals surface area (Å²) in [6.45, 7) is 0. The summed E-state index contributed by atoms with van der Waals surface area (Å²) in [6.07, 6.45) is 0. The van der Waals surface area contributed by atoms with Gasteiger partial charge in [0, 0.05) is 39.4 Å². The van der Waals surface area contributed by atoms with Gasteiger partial charge in [0.25, 0.3) is 0 Å². The summed E-state index contributed by atoms with van der Waals surface area (Å²) in [5.74, 6) is 0. The molecule has 0 aromatic carbocycles. The van der Waals surface area contributed by atoms with Crippen LogP contribution in [0.1, 0.15) is 0 Å². The van der Waals surface area contributed by atoms with Crippen molar-refractivity contribution < 1.29 is 39.4 Å². The zero-order valence-electron chi connectivity index (χ0n) is 1.59. The third-order valence-corrected chi connectivity index (χ3v) is 0. The predicted molar refractivity (Wildman–Crippen MR) is 11.5 cm³/mol. The Morgan fingerprint density at radius 1 is 1.25 bits per heavy atom. The first-order chi connectivity index (χ1) is 1.00. The van der Waals surface area contributed by atoms with Gasteiger partial charge in [-0.15, -0.1) is 0 Å². The zero-order chi connectivity index (χ0) is 2.00. The summed E-state index contributed by atoms with van der Waals surface area (Å²) in [4.78, 5) is 0. The van der Waals surface area contributed by atoms with E-state index in [0.29, 0.717) is 0 Å². The molecule has 0 aromatic rings. The molecule has 0 atom stereocenters. The number of rotatable bonds is 0. The molecule has 0 nitrogen and oxygen atoms in total. The van der Waals surface area contributed by atoms with E-state index in [4.69, 9.17) is 0 Å². The molecule has 0 amide bonds. The maximum atomic E-state index is 2.69. The van der Waals surface area contributed by atoms with Crippen LogP contribution in [-0.4, -0.2) is 29.1 Å². The van der Waals surface area contributed by atoms with Gasteiger partial charge in [0.05, 0.1) is 0 Å². The molecule has 0 spiro atoms. The fourth-order valence-electron chi connectivity index (χ4n) is 0. The van der Waals surface area contributed by atoms with E-state index >= 15 is 0 Å². The molecule has 31 valence electrons. The summed E-state index contributed by atoms with van der Waals surface area (Å²) < 4.78 is 0. The molecule has 0 N–H and O–H groups in total. The molecule has 0 heterocycles. The quantitative estimate of drug-likeness (QED) is 0.515. The van der Waals surface area contributed by atoms with E-state index in [2.05, 4.69) is 13.1 Å². The standard InChI is InChI=1S/Ag.Cu.Ga.Se. The SMILES string of the molecule is [Ag].[Cu].[Ga]=[Se]. The van der Waals surface area contributed by atoms with Crippen LogP contribution in [0.5, 0.6) is 0 Å². The van der Waals surface area contributed by atoms with Gasteiger partial charge in [-0.25, -0.2) is 0 Å². The van der Waals surface area contributed by atoms with Crippen LogP contribution in [0.4, 0.5) is 0 Å². The Bertz CT molecular complexity index is 8.00. The van der Waals surface area contributed by atoms with Crippen molar-refractivity contribution in [3.8, 4) is 0 Å². The molecule has 0 aliphatic heterocycles. The van der Waals surface area contributed by atoms with E-state index < -0.39 is 0 Å². The summed E-state index contributed by atoms with van der Waals surface area (Å²) in [7, 11) is 0. The molecule has 0 saturated heterocycles. The van der Waals surface area contributed by atoms with Crippen molar-refractivity contribution in [1.82, 2.24) is 0 Å². The average molecular weight is 320 g/mol. The molecule has 0 saturated carbocycles. The van der Waals surface area contributed by atoms with Gasteiger partial charge in [-0.05, 0) is 0 Å². The second-order valence-corrected chi connectivity index (χ2v) is 0. The van der Waals surface area contributed by atoms with Crippen molar-refractivity contribution in [2.24, 2.45) is 0 Å². The van der Waals surface area contributed by atoms with Crippen LogP contribution in [0.2, 0.25) is 0 Å². The van der Waals surface area contributed by atoms with Crippen molar-refractivity contribution in [3.63, 3.8) is 0 Å². The van der Waals surface area contributed by atoms with Crippen LogP contribution >= 0.6 is 0 Å². The van der Waals surface area contributed by atoms with E-state index in [0.717, 1.165) is 0 Å². The molecule has 0 fully saturated rings. The Morgan fingerprint density at radius 3 is 1.25 bits per heavy atom. The van der Waals surface area contributed by atoms with E-state index in [1.165, 1.54) is 0 Å². The monoisotopic (exact) mass is 319 g/mol. The minimum atomic E-state index is 0.